The van der Waals surface area contributed by atoms with Crippen molar-refractivity contribution in [2.24, 2.45) is 0 Å². The molecule has 1 aliphatic rings. The number of phenolic OH excluding ortho intramolecular Hbond substituents is 4. The van der Waals surface area contributed by atoms with Crippen molar-refractivity contribution in [1.29, 1.82) is 0 Å². The molecule has 1 aliphatic heterocycles. The minimum Gasteiger partial charge on any atom is -0.507 e. The molecule has 0 aliphatic carbocycles. The van der Waals surface area contributed by atoms with Gasteiger partial charge in [0.1, 0.15) is 22.6 Å². The lowest BCUT2D eigenvalue weighted by Crippen LogP contribution is -2.19. The largest absolute Gasteiger partial charge is 0.507 e. The Kier molecular flexibility index (Phi) is 3.69. The molecule has 0 unspecified atom stereocenters. The number of nitrogens with one attached hydrogen (secondary N) is 1. The van der Waals surface area contributed by atoms with E-state index < -0.39 is 23.0 Å². The minimum atomic E-state index is -0.563. The Morgan fingerprint density at radius 2 is 1.70 bits per heavy atom. The number of carbonyl (C=O) groups is 1. The molecule has 2 heterocycles. The van der Waals surface area contributed by atoms with E-state index in [0.717, 1.165) is 12.1 Å². The molecule has 1 atom stereocenters. The van der Waals surface area contributed by atoms with Gasteiger partial charge in [-0.1, -0.05) is 0 Å². The Morgan fingerprint density at radius 3 is 2.37 bits per heavy atom. The van der Waals surface area contributed by atoms with Crippen LogP contribution in [0.5, 0.6) is 23.0 Å². The van der Waals surface area contributed by atoms with Gasteiger partial charge in [-0.3, -0.25) is 9.59 Å². The van der Waals surface area contributed by atoms with Crippen LogP contribution in [0.15, 0.2) is 39.5 Å². The lowest BCUT2D eigenvalue weighted by atomic mass is 9.99. The molecule has 5 N–H and O–H groups in total. The third-order valence-corrected chi connectivity index (χ3v) is 4.60. The van der Waals surface area contributed by atoms with Crippen LogP contribution in [0.3, 0.4) is 0 Å². The van der Waals surface area contributed by atoms with Gasteiger partial charge in [-0.15, -0.1) is 0 Å². The summed E-state index contributed by atoms with van der Waals surface area (Å²) in [5, 5.41) is 42.2. The molecule has 0 bridgehead atoms. The van der Waals surface area contributed by atoms with E-state index in [9.17, 15) is 30.0 Å². The van der Waals surface area contributed by atoms with E-state index >= 15 is 0 Å². The molecule has 1 aromatic heterocycles. The van der Waals surface area contributed by atoms with Crippen molar-refractivity contribution in [3.8, 4) is 34.3 Å². The summed E-state index contributed by atoms with van der Waals surface area (Å²) in [4.78, 5) is 24.2. The summed E-state index contributed by atoms with van der Waals surface area (Å²) in [6.45, 7) is 0. The molecule has 0 spiro atoms. The smallest absolute Gasteiger partial charge is 0.220 e. The highest BCUT2D eigenvalue weighted by Crippen LogP contribution is 2.41. The summed E-state index contributed by atoms with van der Waals surface area (Å²) in [5.41, 5.74) is -0.0826. The van der Waals surface area contributed by atoms with Crippen LogP contribution in [0, 0.1) is 0 Å². The molecular weight excluding hydrogens is 354 g/mol. The van der Waals surface area contributed by atoms with Gasteiger partial charge in [-0.2, -0.15) is 0 Å². The van der Waals surface area contributed by atoms with Gasteiger partial charge in [-0.25, -0.2) is 0 Å². The van der Waals surface area contributed by atoms with Crippen molar-refractivity contribution in [3.63, 3.8) is 0 Å². The Bertz CT molecular complexity index is 1150. The second-order valence-corrected chi connectivity index (χ2v) is 6.37. The summed E-state index contributed by atoms with van der Waals surface area (Å²) in [5.74, 6) is -1.59. The van der Waals surface area contributed by atoms with Crippen molar-refractivity contribution in [3.05, 3.63) is 46.1 Å². The van der Waals surface area contributed by atoms with Gasteiger partial charge in [0.15, 0.2) is 22.5 Å². The Morgan fingerprint density at radius 1 is 0.926 bits per heavy atom. The fourth-order valence-corrected chi connectivity index (χ4v) is 3.31. The maximum Gasteiger partial charge on any atom is 0.220 e. The molecule has 8 nitrogen and oxygen atoms in total. The van der Waals surface area contributed by atoms with Gasteiger partial charge in [0.25, 0.3) is 0 Å². The van der Waals surface area contributed by atoms with E-state index in [4.69, 9.17) is 4.42 Å². The van der Waals surface area contributed by atoms with E-state index in [0.29, 0.717) is 12.0 Å². The van der Waals surface area contributed by atoms with E-state index in [2.05, 4.69) is 5.32 Å². The van der Waals surface area contributed by atoms with E-state index in [1.807, 2.05) is 0 Å². The van der Waals surface area contributed by atoms with Crippen LogP contribution in [-0.4, -0.2) is 26.3 Å². The number of phenols is 4. The highest BCUT2D eigenvalue weighted by Gasteiger charge is 2.29. The van der Waals surface area contributed by atoms with Crippen LogP contribution in [0.25, 0.3) is 22.3 Å². The van der Waals surface area contributed by atoms with E-state index in [1.54, 1.807) is 0 Å². The lowest BCUT2D eigenvalue weighted by molar-refractivity contribution is -0.119. The molecule has 2 aromatic carbocycles. The summed E-state index contributed by atoms with van der Waals surface area (Å²) < 4.78 is 5.80. The van der Waals surface area contributed by atoms with Crippen LogP contribution in [-0.2, 0) is 4.79 Å². The van der Waals surface area contributed by atoms with Crippen molar-refractivity contribution in [2.75, 3.05) is 0 Å². The standard InChI is InChI=1S/C19H15NO7/c21-10-3-1-8(5-11(10)22)15-7-14(25)18-13(24)6-12(23)17(19(18)27-15)9-2-4-16(26)20-9/h1,3,5-7,9,21-24H,2,4H2,(H,20,26)/t9-/m0/s1. The van der Waals surface area contributed by atoms with Crippen molar-refractivity contribution in [1.82, 2.24) is 5.32 Å². The zero-order chi connectivity index (χ0) is 19.3. The van der Waals surface area contributed by atoms with E-state index in [-0.39, 0.29) is 46.1 Å². The number of aromatic hydroxyl groups is 4. The van der Waals surface area contributed by atoms with Gasteiger partial charge in [0.2, 0.25) is 5.91 Å². The predicted octanol–water partition coefficient (Wildman–Crippen LogP) is 2.23. The number of hydrogen-bond donors (Lipinski definition) is 5. The van der Waals surface area contributed by atoms with Crippen LogP contribution in [0.1, 0.15) is 24.4 Å². The third-order valence-electron chi connectivity index (χ3n) is 4.60. The Labute approximate surface area is 151 Å². The summed E-state index contributed by atoms with van der Waals surface area (Å²) in [6, 6.07) is 5.53. The first-order valence-electron chi connectivity index (χ1n) is 8.19. The van der Waals surface area contributed by atoms with Gasteiger partial charge >= 0.3 is 0 Å². The number of carbonyl (C=O) groups excluding carboxylic acids is 1. The topological polar surface area (TPSA) is 140 Å². The van der Waals surface area contributed by atoms with E-state index in [1.165, 1.54) is 18.2 Å². The van der Waals surface area contributed by atoms with Crippen LogP contribution in [0.4, 0.5) is 0 Å². The maximum atomic E-state index is 12.6. The highest BCUT2D eigenvalue weighted by molar-refractivity contribution is 5.91. The van der Waals surface area contributed by atoms with Gasteiger partial charge in [0.05, 0.1) is 11.6 Å². The van der Waals surface area contributed by atoms with Crippen molar-refractivity contribution >= 4 is 16.9 Å². The fourth-order valence-electron chi connectivity index (χ4n) is 3.31. The second-order valence-electron chi connectivity index (χ2n) is 6.37. The van der Waals surface area contributed by atoms with Crippen LogP contribution >= 0.6 is 0 Å². The molecule has 138 valence electrons. The number of hydrogen-bond acceptors (Lipinski definition) is 7. The normalized spacial score (nSPS) is 16.6. The first-order valence-corrected chi connectivity index (χ1v) is 8.19. The molecule has 3 aromatic rings. The van der Waals surface area contributed by atoms with Crippen LogP contribution in [0.2, 0.25) is 0 Å². The average molecular weight is 369 g/mol. The van der Waals surface area contributed by atoms with Crippen molar-refractivity contribution < 1.29 is 29.6 Å². The molecule has 4 rings (SSSR count). The quantitative estimate of drug-likeness (QED) is 0.436. The van der Waals surface area contributed by atoms with Crippen LogP contribution < -0.4 is 10.7 Å². The first kappa shape index (κ1) is 16.8. The molecule has 8 heteroatoms. The number of rotatable bonds is 2. The molecule has 27 heavy (non-hydrogen) atoms. The summed E-state index contributed by atoms with van der Waals surface area (Å²) in [7, 11) is 0. The SMILES string of the molecule is O=C1CC[C@@H](c2c(O)cc(O)c3c(=O)cc(-c4ccc(O)c(O)c4)oc23)N1. The predicted molar refractivity (Wildman–Crippen MR) is 94.7 cm³/mol. The summed E-state index contributed by atoms with van der Waals surface area (Å²) in [6.07, 6.45) is 0.669. The molecule has 0 radical (unpaired) electrons. The number of fused-ring (bicyclic) bond motifs is 1. The number of benzene rings is 2. The fraction of sp³-hybridized carbons (Fsp3) is 0.158. The highest BCUT2D eigenvalue weighted by atomic mass is 16.3. The Hall–Kier alpha value is -3.68. The monoisotopic (exact) mass is 369 g/mol. The Balaban J connectivity index is 2.00. The molecular formula is C19H15NO7. The average Bonchev–Trinajstić information content (AvgIpc) is 3.02. The molecule has 1 amide bonds. The zero-order valence-electron chi connectivity index (χ0n) is 13.9. The zero-order valence-corrected chi connectivity index (χ0v) is 13.9. The molecule has 0 saturated carbocycles. The third kappa shape index (κ3) is 2.71. The first-order chi connectivity index (χ1) is 12.8. The lowest BCUT2D eigenvalue weighted by Gasteiger charge is -2.16. The number of amides is 1. The molecule has 1 saturated heterocycles. The summed E-state index contributed by atoms with van der Waals surface area (Å²) >= 11 is 0. The second kappa shape index (κ2) is 5.94. The van der Waals surface area contributed by atoms with Gasteiger partial charge in [0, 0.05) is 24.1 Å². The van der Waals surface area contributed by atoms with Gasteiger partial charge < -0.3 is 30.2 Å². The molecule has 1 fully saturated rings. The van der Waals surface area contributed by atoms with Gasteiger partial charge in [-0.05, 0) is 24.6 Å². The minimum absolute atomic E-state index is 0.0465. The van der Waals surface area contributed by atoms with Crippen molar-refractivity contribution in [2.45, 2.75) is 18.9 Å². The maximum absolute atomic E-state index is 12.6.